The number of quaternary nitrogens is 1. The molecule has 0 aromatic rings. The molecule has 0 bridgehead atoms. The number of piperazine rings is 1. The first kappa shape index (κ1) is 11.2. The number of rotatable bonds is 2. The zero-order chi connectivity index (χ0) is 10.1. The van der Waals surface area contributed by atoms with Gasteiger partial charge in [-0.3, -0.25) is 0 Å². The minimum absolute atomic E-state index is 0.349. The molecule has 0 amide bonds. The lowest BCUT2D eigenvalue weighted by Gasteiger charge is -2.32. The van der Waals surface area contributed by atoms with E-state index < -0.39 is 13.6 Å². The highest BCUT2D eigenvalue weighted by molar-refractivity contribution is 7.84. The summed E-state index contributed by atoms with van der Waals surface area (Å²) in [6.07, 6.45) is 0. The molecule has 77 valence electrons. The van der Waals surface area contributed by atoms with E-state index >= 15 is 0 Å². The van der Waals surface area contributed by atoms with E-state index in [2.05, 4.69) is 5.32 Å². The second-order valence-electron chi connectivity index (χ2n) is 3.17. The summed E-state index contributed by atoms with van der Waals surface area (Å²) in [5.74, 6) is 0. The van der Waals surface area contributed by atoms with E-state index in [4.69, 9.17) is 11.8 Å². The van der Waals surface area contributed by atoms with Gasteiger partial charge in [0.15, 0.2) is 11.8 Å². The molecular weight excluding hydrogens is 214 g/mol. The molecule has 1 heterocycles. The molecule has 5 nitrogen and oxygen atoms in total. The fraction of sp³-hybridized carbons (Fsp3) is 1.00. The van der Waals surface area contributed by atoms with Crippen LogP contribution < -0.4 is 5.32 Å². The first-order valence-corrected chi connectivity index (χ1v) is 5.76. The number of nitrogens with zero attached hydrogens (tertiary/aromatic N) is 3. The van der Waals surface area contributed by atoms with Gasteiger partial charge in [0, 0.05) is 14.1 Å². The van der Waals surface area contributed by atoms with Crippen molar-refractivity contribution in [1.29, 1.82) is 0 Å². The van der Waals surface area contributed by atoms with E-state index in [0.29, 0.717) is 26.2 Å². The fourth-order valence-electron chi connectivity index (χ4n) is 1.19. The zero-order valence-electron chi connectivity index (χ0n) is 7.77. The molecule has 1 aliphatic heterocycles. The third-order valence-corrected chi connectivity index (χ3v) is 5.04. The van der Waals surface area contributed by atoms with Gasteiger partial charge in [0.05, 0.1) is 13.1 Å². The van der Waals surface area contributed by atoms with E-state index in [1.807, 2.05) is 0 Å². The summed E-state index contributed by atoms with van der Waals surface area (Å²) in [5.41, 5.74) is 0. The molecule has 0 unspecified atom stereocenters. The van der Waals surface area contributed by atoms with Gasteiger partial charge in [0.2, 0.25) is 0 Å². The lowest BCUT2D eigenvalue weighted by molar-refractivity contribution is -0.688. The van der Waals surface area contributed by atoms with Crippen LogP contribution in [0.5, 0.6) is 0 Å². The number of hydrogen-bond donors (Lipinski definition) is 0. The maximum absolute atomic E-state index is 11.7. The fourth-order valence-corrected chi connectivity index (χ4v) is 2.92. The van der Waals surface area contributed by atoms with Crippen LogP contribution in [-0.4, -0.2) is 56.4 Å². The van der Waals surface area contributed by atoms with Crippen molar-refractivity contribution < 1.29 is 11.8 Å². The van der Waals surface area contributed by atoms with Gasteiger partial charge in [-0.15, -0.1) is 3.41 Å². The molecule has 1 rings (SSSR count). The Morgan fingerprint density at radius 1 is 1.31 bits per heavy atom. The van der Waals surface area contributed by atoms with Crippen molar-refractivity contribution in [2.24, 2.45) is 0 Å². The van der Waals surface area contributed by atoms with Crippen molar-refractivity contribution in [2.45, 2.75) is 0 Å². The van der Waals surface area contributed by atoms with E-state index in [9.17, 15) is 8.42 Å². The van der Waals surface area contributed by atoms with Gasteiger partial charge >= 0.3 is 10.2 Å². The number of halogens is 1. The number of hydrogen-bond acceptors (Lipinski definition) is 2. The van der Waals surface area contributed by atoms with Crippen LogP contribution in [0.4, 0.5) is 0 Å². The summed E-state index contributed by atoms with van der Waals surface area (Å²) in [6, 6.07) is 0. The van der Waals surface area contributed by atoms with Gasteiger partial charge in [-0.05, 0) is 0 Å². The molecular formula is C6H14ClN3O2S+. The summed E-state index contributed by atoms with van der Waals surface area (Å²) in [7, 11) is -0.444. The van der Waals surface area contributed by atoms with Crippen LogP contribution in [0, 0.1) is 0 Å². The molecule has 0 saturated carbocycles. The van der Waals surface area contributed by atoms with Crippen molar-refractivity contribution in [1.82, 2.24) is 9.62 Å². The molecule has 0 aromatic carbocycles. The van der Waals surface area contributed by atoms with Gasteiger partial charge in [-0.25, -0.2) is 5.32 Å². The Bertz CT molecular complexity index is 272. The topological polar surface area (TPSA) is 51.5 Å². The van der Waals surface area contributed by atoms with Crippen LogP contribution in [0.15, 0.2) is 0 Å². The Morgan fingerprint density at radius 2 is 1.77 bits per heavy atom. The van der Waals surface area contributed by atoms with Crippen molar-refractivity contribution in [3.05, 3.63) is 0 Å². The summed E-state index contributed by atoms with van der Waals surface area (Å²) in [6.45, 7) is 1.72. The van der Waals surface area contributed by atoms with Crippen LogP contribution in [-0.2, 0) is 10.2 Å². The molecule has 13 heavy (non-hydrogen) atoms. The van der Waals surface area contributed by atoms with Gasteiger partial charge in [-0.2, -0.15) is 12.7 Å². The predicted octanol–water partition coefficient (Wildman–Crippen LogP) is -0.619. The largest absolute Gasteiger partial charge is 0.389 e. The lowest BCUT2D eigenvalue weighted by atomic mass is 10.4. The summed E-state index contributed by atoms with van der Waals surface area (Å²) >= 11 is 6.01. The summed E-state index contributed by atoms with van der Waals surface area (Å²) in [4.78, 5) is 0. The van der Waals surface area contributed by atoms with E-state index in [0.717, 1.165) is 4.31 Å². The monoisotopic (exact) mass is 227 g/mol. The first-order chi connectivity index (χ1) is 5.90. The maximum Gasteiger partial charge on any atom is 0.389 e. The minimum atomic E-state index is -3.42. The van der Waals surface area contributed by atoms with Crippen molar-refractivity contribution in [2.75, 3.05) is 40.3 Å². The van der Waals surface area contributed by atoms with Gasteiger partial charge in [0.1, 0.15) is 13.1 Å². The quantitative estimate of drug-likeness (QED) is 0.591. The second kappa shape index (κ2) is 3.70. The van der Waals surface area contributed by atoms with Crippen LogP contribution in [0.3, 0.4) is 0 Å². The Kier molecular flexibility index (Phi) is 3.19. The molecule has 1 aliphatic rings. The standard InChI is InChI=1S/C6H14ClN3O2S/c1-9(2)13(11,12)10(7)5-3-8-4-6-10/h3-6H2,1-2H3/q+1. The maximum atomic E-state index is 11.7. The smallest absolute Gasteiger partial charge is 0.230 e. The van der Waals surface area contributed by atoms with E-state index in [1.165, 1.54) is 14.1 Å². The lowest BCUT2D eigenvalue weighted by Crippen LogP contribution is -2.57. The van der Waals surface area contributed by atoms with Gasteiger partial charge in [-0.1, -0.05) is 0 Å². The molecule has 1 radical (unpaired) electrons. The average Bonchev–Trinajstić information content (AvgIpc) is 2.05. The highest BCUT2D eigenvalue weighted by atomic mass is 35.5. The Morgan fingerprint density at radius 3 is 2.15 bits per heavy atom. The highest BCUT2D eigenvalue weighted by Crippen LogP contribution is 2.22. The van der Waals surface area contributed by atoms with E-state index in [1.54, 1.807) is 0 Å². The van der Waals surface area contributed by atoms with E-state index in [-0.39, 0.29) is 0 Å². The predicted molar refractivity (Wildman–Crippen MR) is 50.3 cm³/mol. The molecule has 1 fully saturated rings. The molecule has 1 saturated heterocycles. The molecule has 0 N–H and O–H groups in total. The first-order valence-electron chi connectivity index (χ1n) is 4.03. The summed E-state index contributed by atoms with van der Waals surface area (Å²) in [5, 5.41) is 4.06. The second-order valence-corrected chi connectivity index (χ2v) is 6.34. The highest BCUT2D eigenvalue weighted by Gasteiger charge is 2.44. The van der Waals surface area contributed by atoms with Crippen LogP contribution in [0.2, 0.25) is 0 Å². The average molecular weight is 228 g/mol. The van der Waals surface area contributed by atoms with Crippen LogP contribution in [0.1, 0.15) is 0 Å². The Balaban J connectivity index is 2.90. The Hall–Kier alpha value is 0.120. The molecule has 0 aliphatic carbocycles. The van der Waals surface area contributed by atoms with Crippen LogP contribution >= 0.6 is 11.8 Å². The third kappa shape index (κ3) is 1.97. The SMILES string of the molecule is CN(C)S(=O)(=O)[N+]1(Cl)CC[N]CC1. The summed E-state index contributed by atoms with van der Waals surface area (Å²) < 4.78 is 24.2. The molecule has 0 aromatic heterocycles. The molecule has 0 spiro atoms. The van der Waals surface area contributed by atoms with Crippen molar-refractivity contribution in [3.8, 4) is 0 Å². The van der Waals surface area contributed by atoms with Crippen molar-refractivity contribution in [3.63, 3.8) is 0 Å². The van der Waals surface area contributed by atoms with Crippen LogP contribution in [0.25, 0.3) is 0 Å². The normalized spacial score (nSPS) is 23.4. The van der Waals surface area contributed by atoms with Gasteiger partial charge in [0.25, 0.3) is 0 Å². The third-order valence-electron chi connectivity index (χ3n) is 2.06. The van der Waals surface area contributed by atoms with Gasteiger partial charge < -0.3 is 0 Å². The zero-order valence-corrected chi connectivity index (χ0v) is 9.35. The molecule has 0 atom stereocenters. The minimum Gasteiger partial charge on any atom is -0.230 e. The Labute approximate surface area is 84.1 Å². The van der Waals surface area contributed by atoms with Crippen molar-refractivity contribution >= 4 is 22.0 Å². The molecule has 7 heteroatoms.